The molecule has 0 aromatic carbocycles. The molecule has 1 aliphatic heterocycles. The molecule has 4 atom stereocenters. The molecular formula is C26H41FN5O8PS2. The topological polar surface area (TPSA) is 172 Å². The van der Waals surface area contributed by atoms with Crippen LogP contribution in [0.4, 0.5) is 4.39 Å². The van der Waals surface area contributed by atoms with E-state index in [9.17, 15) is 18.9 Å². The van der Waals surface area contributed by atoms with E-state index < -0.39 is 61.4 Å². The van der Waals surface area contributed by atoms with Crippen molar-refractivity contribution in [3.63, 3.8) is 0 Å². The molecule has 1 aliphatic rings. The van der Waals surface area contributed by atoms with Crippen LogP contribution in [0.1, 0.15) is 60.4 Å². The summed E-state index contributed by atoms with van der Waals surface area (Å²) in [6, 6.07) is 1.52. The van der Waals surface area contributed by atoms with Crippen LogP contribution in [0, 0.1) is 23.7 Å². The lowest BCUT2D eigenvalue weighted by Gasteiger charge is -2.32. The lowest BCUT2D eigenvalue weighted by atomic mass is 9.88. The summed E-state index contributed by atoms with van der Waals surface area (Å²) in [6.07, 6.45) is -1.82. The molecule has 2 heterocycles. The fraction of sp³-hybridized carbons (Fsp3) is 0.769. The maximum atomic E-state index is 15.6. The maximum Gasteiger partial charge on any atom is 0.474 e. The third kappa shape index (κ3) is 10.7. The molecule has 1 aromatic rings. The Morgan fingerprint density at radius 3 is 2.14 bits per heavy atom. The van der Waals surface area contributed by atoms with Crippen molar-refractivity contribution < 1.29 is 36.9 Å². The highest BCUT2D eigenvalue weighted by atomic mass is 32.2. The van der Waals surface area contributed by atoms with Gasteiger partial charge in [-0.05, 0) is 18.5 Å². The van der Waals surface area contributed by atoms with Crippen molar-refractivity contribution in [3.8, 4) is 0 Å². The molecular weight excluding hydrogens is 624 g/mol. The molecule has 1 saturated heterocycles. The van der Waals surface area contributed by atoms with E-state index in [1.165, 1.54) is 19.2 Å². The molecule has 0 spiro atoms. The second-order valence-electron chi connectivity index (χ2n) is 12.1. The molecule has 0 radical (unpaired) electrons. The highest BCUT2D eigenvalue weighted by Crippen LogP contribution is 2.53. The number of hydrogen-bond donors (Lipinski definition) is 0. The number of ether oxygens (including phenoxy) is 1. The van der Waals surface area contributed by atoms with Crippen molar-refractivity contribution in [2.45, 2.75) is 73.4 Å². The van der Waals surface area contributed by atoms with Gasteiger partial charge in [-0.2, -0.15) is 4.98 Å². The number of hydrogen-bond acceptors (Lipinski definition) is 12. The minimum absolute atomic E-state index is 0.0905. The number of rotatable bonds is 14. The van der Waals surface area contributed by atoms with Crippen molar-refractivity contribution in [2.75, 3.05) is 37.9 Å². The Bertz CT molecular complexity index is 1260. The number of phosphoric acid groups is 1. The highest BCUT2D eigenvalue weighted by Gasteiger charge is 2.55. The van der Waals surface area contributed by atoms with Crippen LogP contribution in [-0.4, -0.2) is 69.4 Å². The molecule has 0 aliphatic carbocycles. The first kappa shape index (κ1) is 37.4. The summed E-state index contributed by atoms with van der Waals surface area (Å²) in [5.74, 6) is -0.693. The van der Waals surface area contributed by atoms with Crippen LogP contribution in [0.15, 0.2) is 22.2 Å². The van der Waals surface area contributed by atoms with Crippen LogP contribution in [-0.2, 0) is 32.5 Å². The molecule has 242 valence electrons. The number of nitrogens with zero attached hydrogens (tertiary/aromatic N) is 5. The summed E-state index contributed by atoms with van der Waals surface area (Å²) in [7, 11) is -4.37. The average molecular weight is 666 g/mol. The van der Waals surface area contributed by atoms with E-state index >= 15 is 4.39 Å². The first-order valence-corrected chi connectivity index (χ1v) is 17.0. The zero-order valence-corrected chi connectivity index (χ0v) is 28.3. The number of carbonyl (C=O) groups excluding carboxylic acids is 2. The number of azide groups is 1. The summed E-state index contributed by atoms with van der Waals surface area (Å²) in [5.41, 5.74) is 5.88. The zero-order chi connectivity index (χ0) is 32.6. The first-order chi connectivity index (χ1) is 19.8. The summed E-state index contributed by atoms with van der Waals surface area (Å²) in [4.78, 5) is 43.6. The monoisotopic (exact) mass is 665 g/mol. The van der Waals surface area contributed by atoms with E-state index in [4.69, 9.17) is 23.8 Å². The van der Waals surface area contributed by atoms with E-state index in [0.29, 0.717) is 5.69 Å². The van der Waals surface area contributed by atoms with Crippen molar-refractivity contribution in [3.05, 3.63) is 38.9 Å². The number of alkyl halides is 1. The normalized spacial score (nSPS) is 22.8. The van der Waals surface area contributed by atoms with Gasteiger partial charge in [0.15, 0.2) is 22.6 Å². The van der Waals surface area contributed by atoms with Gasteiger partial charge in [0.1, 0.15) is 5.60 Å². The predicted molar refractivity (Wildman–Crippen MR) is 163 cm³/mol. The smallest absolute Gasteiger partial charge is 0.345 e. The van der Waals surface area contributed by atoms with Crippen LogP contribution in [0.5, 0.6) is 0 Å². The van der Waals surface area contributed by atoms with Crippen molar-refractivity contribution in [2.24, 2.45) is 21.9 Å². The zero-order valence-electron chi connectivity index (χ0n) is 25.8. The van der Waals surface area contributed by atoms with Gasteiger partial charge in [-0.3, -0.25) is 27.7 Å². The Balaban J connectivity index is 2.24. The quantitative estimate of drug-likeness (QED) is 0.0764. The minimum atomic E-state index is -4.37. The highest BCUT2D eigenvalue weighted by molar-refractivity contribution is 8.14. The van der Waals surface area contributed by atoms with Gasteiger partial charge >= 0.3 is 13.5 Å². The van der Waals surface area contributed by atoms with E-state index in [0.717, 1.165) is 28.1 Å². The van der Waals surface area contributed by atoms with Crippen molar-refractivity contribution in [1.29, 1.82) is 0 Å². The van der Waals surface area contributed by atoms with Gasteiger partial charge in [0, 0.05) is 45.1 Å². The number of aryl methyl sites for hydroxylation is 1. The summed E-state index contributed by atoms with van der Waals surface area (Å²) in [5, 5.41) is 3.38. The second kappa shape index (κ2) is 15.5. The van der Waals surface area contributed by atoms with Gasteiger partial charge in [-0.1, -0.05) is 77.1 Å². The number of thioether (sulfide) groups is 2. The van der Waals surface area contributed by atoms with Crippen molar-refractivity contribution in [1.82, 2.24) is 9.55 Å². The lowest BCUT2D eigenvalue weighted by Crippen LogP contribution is -2.43. The van der Waals surface area contributed by atoms with Crippen LogP contribution in [0.2, 0.25) is 0 Å². The Morgan fingerprint density at radius 1 is 1.14 bits per heavy atom. The summed E-state index contributed by atoms with van der Waals surface area (Å²) < 4.78 is 53.0. The Morgan fingerprint density at radius 2 is 1.67 bits per heavy atom. The number of aromatic nitrogens is 2. The van der Waals surface area contributed by atoms with E-state index in [1.807, 2.05) is 0 Å². The van der Waals surface area contributed by atoms with Gasteiger partial charge < -0.3 is 4.74 Å². The first-order valence-electron chi connectivity index (χ1n) is 13.6. The van der Waals surface area contributed by atoms with E-state index in [1.54, 1.807) is 48.5 Å². The molecule has 17 heteroatoms. The fourth-order valence-corrected chi connectivity index (χ4v) is 6.74. The molecule has 1 aromatic heterocycles. The van der Waals surface area contributed by atoms with Gasteiger partial charge in [0.2, 0.25) is 0 Å². The second-order valence-corrected chi connectivity index (χ2v) is 15.9. The van der Waals surface area contributed by atoms with Crippen molar-refractivity contribution >= 4 is 41.6 Å². The van der Waals surface area contributed by atoms with Crippen LogP contribution in [0.25, 0.3) is 10.4 Å². The summed E-state index contributed by atoms with van der Waals surface area (Å²) in [6.45, 7) is 12.4. The molecule has 0 N–H and O–H groups in total. The van der Waals surface area contributed by atoms with Gasteiger partial charge in [-0.15, -0.1) is 0 Å². The lowest BCUT2D eigenvalue weighted by molar-refractivity contribution is -0.118. The Hall–Kier alpha value is -1.77. The summed E-state index contributed by atoms with van der Waals surface area (Å²) >= 11 is 2.00. The molecule has 13 nitrogen and oxygen atoms in total. The third-order valence-corrected chi connectivity index (χ3v) is 10.3. The van der Waals surface area contributed by atoms with E-state index in [-0.39, 0.29) is 35.0 Å². The molecule has 0 saturated carbocycles. The maximum absolute atomic E-state index is 15.6. The number of phosphoric ester groups is 1. The number of carbonyl (C=O) groups is 2. The van der Waals surface area contributed by atoms with Crippen LogP contribution < -0.4 is 5.69 Å². The molecule has 43 heavy (non-hydrogen) atoms. The molecule has 2 rings (SSSR count). The average Bonchev–Trinajstić information content (AvgIpc) is 3.15. The van der Waals surface area contributed by atoms with Gasteiger partial charge in [-0.25, -0.2) is 13.8 Å². The molecule has 1 fully saturated rings. The fourth-order valence-electron chi connectivity index (χ4n) is 3.70. The molecule has 0 amide bonds. The standard InChI is InChI=1S/C26H41FN5O8PS2/c1-17-9-10-32(23(35)30-17)20-19(27)18(2)26(40-20,15-29-31-28)16-39-41(36,37-11-13-42-21(33)24(3,4)5)38-12-14-43-22(34)25(6,7)8/h9-10,18-20H,11-16H2,1-8H3/t18-,19+,20+,26+/m0/s1. The van der Waals surface area contributed by atoms with Crippen LogP contribution >= 0.6 is 31.3 Å². The minimum Gasteiger partial charge on any atom is -0.345 e. The molecule has 0 unspecified atom stereocenters. The van der Waals surface area contributed by atoms with Crippen LogP contribution in [0.3, 0.4) is 0 Å². The molecule has 0 bridgehead atoms. The third-order valence-electron chi connectivity index (χ3n) is 6.40. The number of halogens is 1. The predicted octanol–water partition coefficient (Wildman–Crippen LogP) is 5.87. The van der Waals surface area contributed by atoms with E-state index in [2.05, 4.69) is 15.0 Å². The Kier molecular flexibility index (Phi) is 13.5. The Labute approximate surface area is 259 Å². The van der Waals surface area contributed by atoms with Gasteiger partial charge in [0.05, 0.1) is 26.4 Å². The van der Waals surface area contributed by atoms with Gasteiger partial charge in [0.25, 0.3) is 0 Å². The largest absolute Gasteiger partial charge is 0.474 e. The SMILES string of the molecule is Cc1ccn([C@@H]2O[C@](CN=[N+]=[N-])(COP(=O)(OCCSC(=O)C(C)(C)C)OCCSC(=O)C(C)(C)C)[C@@H](C)[C@H]2F)c(=O)n1.